The molecule has 0 saturated carbocycles. The highest BCUT2D eigenvalue weighted by molar-refractivity contribution is 7.10. The average molecular weight is 312 g/mol. The van der Waals surface area contributed by atoms with Gasteiger partial charge in [-0.25, -0.2) is 8.78 Å². The van der Waals surface area contributed by atoms with Gasteiger partial charge < -0.3 is 5.32 Å². The summed E-state index contributed by atoms with van der Waals surface area (Å²) >= 11 is 1.40. The molecule has 1 N–H and O–H groups in total. The Morgan fingerprint density at radius 1 is 1.38 bits per heavy atom. The number of halogens is 2. The summed E-state index contributed by atoms with van der Waals surface area (Å²) in [4.78, 5) is 22.8. The van der Waals surface area contributed by atoms with Crippen LogP contribution in [-0.4, -0.2) is 10.8 Å². The second kappa shape index (κ2) is 5.96. The summed E-state index contributed by atoms with van der Waals surface area (Å²) in [5.41, 5.74) is -1.29. The summed E-state index contributed by atoms with van der Waals surface area (Å²) in [6, 6.07) is 4.12. The first kappa shape index (κ1) is 15.0. The van der Waals surface area contributed by atoms with E-state index < -0.39 is 39.8 Å². The van der Waals surface area contributed by atoms with E-state index in [0.717, 1.165) is 4.88 Å². The lowest BCUT2D eigenvalue weighted by molar-refractivity contribution is -0.385. The van der Waals surface area contributed by atoms with E-state index in [0.29, 0.717) is 12.1 Å². The van der Waals surface area contributed by atoms with Gasteiger partial charge in [0.25, 0.3) is 11.6 Å². The number of amides is 1. The zero-order valence-electron chi connectivity index (χ0n) is 10.8. The second-order valence-corrected chi connectivity index (χ2v) is 5.23. The van der Waals surface area contributed by atoms with Crippen LogP contribution in [0.5, 0.6) is 0 Å². The average Bonchev–Trinajstić information content (AvgIpc) is 2.95. The molecule has 5 nitrogen and oxygen atoms in total. The van der Waals surface area contributed by atoms with Gasteiger partial charge in [0.2, 0.25) is 0 Å². The van der Waals surface area contributed by atoms with E-state index >= 15 is 0 Å². The summed E-state index contributed by atoms with van der Waals surface area (Å²) in [5, 5.41) is 15.2. The Kier molecular flexibility index (Phi) is 4.27. The molecule has 0 aliphatic carbocycles. The number of nitro groups is 1. The Bertz CT molecular complexity index is 689. The summed E-state index contributed by atoms with van der Waals surface area (Å²) < 4.78 is 26.3. The molecular formula is C13H10F2N2O3S. The fraction of sp³-hybridized carbons (Fsp3) is 0.154. The zero-order chi connectivity index (χ0) is 15.6. The van der Waals surface area contributed by atoms with E-state index in [1.165, 1.54) is 11.3 Å². The maximum absolute atomic E-state index is 13.2. The number of rotatable bonds is 4. The lowest BCUT2D eigenvalue weighted by Gasteiger charge is -2.12. The number of thiophene rings is 1. The first-order valence-corrected chi connectivity index (χ1v) is 6.76. The molecule has 1 heterocycles. The van der Waals surface area contributed by atoms with Gasteiger partial charge in [0.1, 0.15) is 5.56 Å². The third-order valence-corrected chi connectivity index (χ3v) is 3.85. The van der Waals surface area contributed by atoms with Crippen molar-refractivity contribution in [3.8, 4) is 0 Å². The number of nitrogens with one attached hydrogen (secondary N) is 1. The molecule has 2 aromatic rings. The van der Waals surface area contributed by atoms with Crippen LogP contribution in [0.15, 0.2) is 29.6 Å². The van der Waals surface area contributed by atoms with Crippen molar-refractivity contribution in [2.45, 2.75) is 13.0 Å². The van der Waals surface area contributed by atoms with E-state index in [-0.39, 0.29) is 0 Å². The summed E-state index contributed by atoms with van der Waals surface area (Å²) in [6.45, 7) is 1.69. The SMILES string of the molecule is C[C@H](NC(=O)c1cc(F)c(F)cc1[N+](=O)[O-])c1cccs1. The molecule has 1 aromatic heterocycles. The van der Waals surface area contributed by atoms with Gasteiger partial charge in [-0.15, -0.1) is 11.3 Å². The Hall–Kier alpha value is -2.35. The van der Waals surface area contributed by atoms with Gasteiger partial charge in [-0.2, -0.15) is 0 Å². The molecule has 2 rings (SSSR count). The monoisotopic (exact) mass is 312 g/mol. The fourth-order valence-electron chi connectivity index (χ4n) is 1.75. The molecule has 1 atom stereocenters. The van der Waals surface area contributed by atoms with E-state index in [1.54, 1.807) is 19.1 Å². The number of carbonyl (C=O) groups excluding carboxylic acids is 1. The van der Waals surface area contributed by atoms with E-state index in [1.807, 2.05) is 5.38 Å². The fourth-order valence-corrected chi connectivity index (χ4v) is 2.49. The highest BCUT2D eigenvalue weighted by Gasteiger charge is 2.25. The molecule has 110 valence electrons. The van der Waals surface area contributed by atoms with Gasteiger partial charge in [0.05, 0.1) is 17.0 Å². The molecular weight excluding hydrogens is 302 g/mol. The van der Waals surface area contributed by atoms with Crippen LogP contribution in [-0.2, 0) is 0 Å². The highest BCUT2D eigenvalue weighted by Crippen LogP contribution is 2.24. The van der Waals surface area contributed by atoms with Gasteiger partial charge in [-0.3, -0.25) is 14.9 Å². The second-order valence-electron chi connectivity index (χ2n) is 4.25. The maximum atomic E-state index is 13.2. The molecule has 0 aliphatic heterocycles. The zero-order valence-corrected chi connectivity index (χ0v) is 11.6. The van der Waals surface area contributed by atoms with Crippen LogP contribution in [0.3, 0.4) is 0 Å². The molecule has 0 radical (unpaired) electrons. The molecule has 0 aliphatic rings. The topological polar surface area (TPSA) is 72.2 Å². The number of nitrogens with zero attached hydrogens (tertiary/aromatic N) is 1. The number of hydrogen-bond acceptors (Lipinski definition) is 4. The van der Waals surface area contributed by atoms with Crippen LogP contribution in [0.2, 0.25) is 0 Å². The Morgan fingerprint density at radius 3 is 2.62 bits per heavy atom. The van der Waals surface area contributed by atoms with Crippen molar-refractivity contribution in [2.75, 3.05) is 0 Å². The molecule has 0 unspecified atom stereocenters. The molecule has 1 amide bonds. The quantitative estimate of drug-likeness (QED) is 0.694. The van der Waals surface area contributed by atoms with Crippen LogP contribution in [0.4, 0.5) is 14.5 Å². The molecule has 0 spiro atoms. The summed E-state index contributed by atoms with van der Waals surface area (Å²) in [6.07, 6.45) is 0. The largest absolute Gasteiger partial charge is 0.344 e. The first-order chi connectivity index (χ1) is 9.90. The third kappa shape index (κ3) is 3.22. The van der Waals surface area contributed by atoms with Gasteiger partial charge in [-0.1, -0.05) is 6.07 Å². The van der Waals surface area contributed by atoms with Crippen molar-refractivity contribution < 1.29 is 18.5 Å². The molecule has 1 aromatic carbocycles. The normalized spacial score (nSPS) is 12.0. The molecule has 21 heavy (non-hydrogen) atoms. The van der Waals surface area contributed by atoms with Gasteiger partial charge >= 0.3 is 0 Å². The molecule has 0 saturated heterocycles. The molecule has 8 heteroatoms. The molecule has 0 bridgehead atoms. The summed E-state index contributed by atoms with van der Waals surface area (Å²) in [5.74, 6) is -3.51. The van der Waals surface area contributed by atoms with E-state index in [2.05, 4.69) is 5.32 Å². The smallest absolute Gasteiger partial charge is 0.285 e. The summed E-state index contributed by atoms with van der Waals surface area (Å²) in [7, 11) is 0. The Labute approximate surface area is 122 Å². The van der Waals surface area contributed by atoms with Crippen LogP contribution >= 0.6 is 11.3 Å². The van der Waals surface area contributed by atoms with Crippen LogP contribution in [0.1, 0.15) is 28.2 Å². The lowest BCUT2D eigenvalue weighted by Crippen LogP contribution is -2.27. The minimum atomic E-state index is -1.37. The lowest BCUT2D eigenvalue weighted by atomic mass is 10.1. The van der Waals surface area contributed by atoms with Crippen molar-refractivity contribution in [1.29, 1.82) is 0 Å². The van der Waals surface area contributed by atoms with Crippen molar-refractivity contribution in [3.63, 3.8) is 0 Å². The van der Waals surface area contributed by atoms with Crippen LogP contribution in [0, 0.1) is 21.7 Å². The maximum Gasteiger partial charge on any atom is 0.285 e. The predicted octanol–water partition coefficient (Wildman–Crippen LogP) is 3.43. The Balaban J connectivity index is 2.30. The number of carbonyl (C=O) groups is 1. The van der Waals surface area contributed by atoms with Crippen molar-refractivity contribution in [1.82, 2.24) is 5.32 Å². The number of nitro benzene ring substituents is 1. The minimum absolute atomic E-state index is 0.398. The van der Waals surface area contributed by atoms with Gasteiger partial charge in [-0.05, 0) is 24.4 Å². The van der Waals surface area contributed by atoms with Crippen molar-refractivity contribution >= 4 is 22.9 Å². The number of hydrogen-bond donors (Lipinski definition) is 1. The first-order valence-electron chi connectivity index (χ1n) is 5.88. The molecule has 0 fully saturated rings. The minimum Gasteiger partial charge on any atom is -0.344 e. The van der Waals surface area contributed by atoms with Crippen molar-refractivity contribution in [3.05, 3.63) is 61.8 Å². The van der Waals surface area contributed by atoms with Gasteiger partial charge in [0, 0.05) is 4.88 Å². The third-order valence-electron chi connectivity index (χ3n) is 2.80. The highest BCUT2D eigenvalue weighted by atomic mass is 32.1. The van der Waals surface area contributed by atoms with E-state index in [4.69, 9.17) is 0 Å². The Morgan fingerprint density at radius 2 is 2.05 bits per heavy atom. The van der Waals surface area contributed by atoms with Crippen LogP contribution in [0.25, 0.3) is 0 Å². The van der Waals surface area contributed by atoms with Crippen LogP contribution < -0.4 is 5.32 Å². The number of benzene rings is 1. The predicted molar refractivity (Wildman–Crippen MR) is 73.2 cm³/mol. The van der Waals surface area contributed by atoms with Crippen molar-refractivity contribution in [2.24, 2.45) is 0 Å². The standard InChI is InChI=1S/C13H10F2N2O3S/c1-7(12-3-2-4-21-12)16-13(18)8-5-9(14)10(15)6-11(8)17(19)20/h2-7H,1H3,(H,16,18)/t7-/m0/s1. The van der Waals surface area contributed by atoms with E-state index in [9.17, 15) is 23.7 Å². The van der Waals surface area contributed by atoms with Gasteiger partial charge in [0.15, 0.2) is 11.6 Å².